The highest BCUT2D eigenvalue weighted by atomic mass is 79.9. The summed E-state index contributed by atoms with van der Waals surface area (Å²) in [5.41, 5.74) is 1.32. The van der Waals surface area contributed by atoms with Gasteiger partial charge in [-0.3, -0.25) is 4.79 Å². The van der Waals surface area contributed by atoms with Gasteiger partial charge in [0.25, 0.3) is 5.91 Å². The lowest BCUT2D eigenvalue weighted by molar-refractivity contribution is -0.148. The van der Waals surface area contributed by atoms with Crippen molar-refractivity contribution in [2.45, 2.75) is 13.0 Å². The van der Waals surface area contributed by atoms with Crippen molar-refractivity contribution in [3.8, 4) is 0 Å². The fourth-order valence-electron chi connectivity index (χ4n) is 1.39. The van der Waals surface area contributed by atoms with Gasteiger partial charge in [-0.25, -0.2) is 4.79 Å². The monoisotopic (exact) mass is 315 g/mol. The average molecular weight is 316 g/mol. The van der Waals surface area contributed by atoms with E-state index < -0.39 is 12.1 Å². The van der Waals surface area contributed by atoms with Crippen molar-refractivity contribution in [3.05, 3.63) is 33.8 Å². The number of ether oxygens (including phenoxy) is 1. The lowest BCUT2D eigenvalue weighted by Crippen LogP contribution is -2.38. The van der Waals surface area contributed by atoms with Crippen molar-refractivity contribution in [2.24, 2.45) is 0 Å². The summed E-state index contributed by atoms with van der Waals surface area (Å²) < 4.78 is 5.52. The van der Waals surface area contributed by atoms with Gasteiger partial charge in [-0.15, -0.1) is 0 Å². The first-order valence-electron chi connectivity index (χ1n) is 5.25. The molecule has 0 saturated carbocycles. The summed E-state index contributed by atoms with van der Waals surface area (Å²) in [5.74, 6) is -1.43. The molecule has 0 aliphatic rings. The molecule has 1 atom stereocenters. The number of aliphatic carboxylic acids is 1. The summed E-state index contributed by atoms with van der Waals surface area (Å²) in [6.07, 6.45) is -1.04. The number of carboxylic acid groups (broad SMARTS) is 1. The van der Waals surface area contributed by atoms with E-state index in [2.05, 4.69) is 21.2 Å². The van der Waals surface area contributed by atoms with Gasteiger partial charge in [0.2, 0.25) is 0 Å². The molecule has 0 fully saturated rings. The smallest absolute Gasteiger partial charge is 0.334 e. The molecule has 0 bridgehead atoms. The molecular weight excluding hydrogens is 302 g/mol. The predicted octanol–water partition coefficient (Wildman–Crippen LogP) is 1.59. The number of benzene rings is 1. The van der Waals surface area contributed by atoms with E-state index in [4.69, 9.17) is 9.84 Å². The molecular formula is C12H14BrNO4. The van der Waals surface area contributed by atoms with Gasteiger partial charge in [-0.05, 0) is 24.6 Å². The van der Waals surface area contributed by atoms with Crippen LogP contribution in [0.25, 0.3) is 0 Å². The number of halogens is 1. The number of hydrogen-bond donors (Lipinski definition) is 2. The Labute approximate surface area is 113 Å². The molecule has 18 heavy (non-hydrogen) atoms. The minimum Gasteiger partial charge on any atom is -0.479 e. The highest BCUT2D eigenvalue weighted by Gasteiger charge is 2.18. The third-order valence-corrected chi connectivity index (χ3v) is 2.95. The van der Waals surface area contributed by atoms with Crippen LogP contribution >= 0.6 is 15.9 Å². The highest BCUT2D eigenvalue weighted by Crippen LogP contribution is 2.15. The van der Waals surface area contributed by atoms with Gasteiger partial charge in [-0.1, -0.05) is 22.0 Å². The van der Waals surface area contributed by atoms with Gasteiger partial charge in [0, 0.05) is 17.1 Å². The second-order valence-corrected chi connectivity index (χ2v) is 4.65. The van der Waals surface area contributed by atoms with E-state index in [0.717, 1.165) is 10.0 Å². The molecule has 0 radical (unpaired) electrons. The first-order valence-corrected chi connectivity index (χ1v) is 6.05. The Bertz CT molecular complexity index is 461. The average Bonchev–Trinajstić information content (AvgIpc) is 2.32. The van der Waals surface area contributed by atoms with Gasteiger partial charge < -0.3 is 15.2 Å². The van der Waals surface area contributed by atoms with E-state index >= 15 is 0 Å². The quantitative estimate of drug-likeness (QED) is 0.865. The first kappa shape index (κ1) is 14.7. The SMILES string of the molecule is COC(CNC(=O)c1cc(Br)ccc1C)C(=O)O. The number of aryl methyl sites for hydroxylation is 1. The Hall–Kier alpha value is -1.40. The molecule has 0 heterocycles. The van der Waals surface area contributed by atoms with Crippen LogP contribution in [0.2, 0.25) is 0 Å². The van der Waals surface area contributed by atoms with Crippen LogP contribution in [-0.4, -0.2) is 36.7 Å². The van der Waals surface area contributed by atoms with E-state index in [0.29, 0.717) is 5.56 Å². The Morgan fingerprint density at radius 3 is 2.72 bits per heavy atom. The van der Waals surface area contributed by atoms with E-state index in [1.54, 1.807) is 6.07 Å². The minimum absolute atomic E-state index is 0.0728. The number of methoxy groups -OCH3 is 1. The van der Waals surface area contributed by atoms with E-state index in [-0.39, 0.29) is 12.5 Å². The first-order chi connectivity index (χ1) is 8.45. The summed E-state index contributed by atoms with van der Waals surface area (Å²) in [7, 11) is 1.29. The van der Waals surface area contributed by atoms with Gasteiger partial charge in [0.1, 0.15) is 0 Å². The number of carbonyl (C=O) groups is 2. The maximum Gasteiger partial charge on any atom is 0.334 e. The summed E-state index contributed by atoms with van der Waals surface area (Å²) >= 11 is 3.28. The molecule has 0 aromatic heterocycles. The van der Waals surface area contributed by atoms with Crippen LogP contribution in [0.3, 0.4) is 0 Å². The molecule has 1 amide bonds. The molecule has 0 saturated heterocycles. The van der Waals surface area contributed by atoms with Crippen LogP contribution in [0.1, 0.15) is 15.9 Å². The summed E-state index contributed by atoms with van der Waals surface area (Å²) in [4.78, 5) is 22.6. The fourth-order valence-corrected chi connectivity index (χ4v) is 1.75. The molecule has 5 nitrogen and oxygen atoms in total. The molecule has 2 N–H and O–H groups in total. The number of hydrogen-bond acceptors (Lipinski definition) is 3. The molecule has 0 spiro atoms. The van der Waals surface area contributed by atoms with Gasteiger partial charge >= 0.3 is 5.97 Å². The van der Waals surface area contributed by atoms with Crippen molar-refractivity contribution in [2.75, 3.05) is 13.7 Å². The third kappa shape index (κ3) is 3.82. The molecule has 1 aromatic rings. The Balaban J connectivity index is 2.71. The zero-order chi connectivity index (χ0) is 13.7. The summed E-state index contributed by atoms with van der Waals surface area (Å²) in [6.45, 7) is 1.74. The second kappa shape index (κ2) is 6.51. The van der Waals surface area contributed by atoms with Crippen molar-refractivity contribution >= 4 is 27.8 Å². The Kier molecular flexibility index (Phi) is 5.30. The fraction of sp³-hybridized carbons (Fsp3) is 0.333. The topological polar surface area (TPSA) is 75.6 Å². The molecule has 98 valence electrons. The lowest BCUT2D eigenvalue weighted by Gasteiger charge is -2.12. The van der Waals surface area contributed by atoms with E-state index in [1.165, 1.54) is 7.11 Å². The molecule has 6 heteroatoms. The zero-order valence-corrected chi connectivity index (χ0v) is 11.7. The minimum atomic E-state index is -1.11. The van der Waals surface area contributed by atoms with Gasteiger partial charge in [0.05, 0.1) is 6.54 Å². The maximum absolute atomic E-state index is 11.9. The maximum atomic E-state index is 11.9. The standard InChI is InChI=1S/C12H14BrNO4/c1-7-3-4-8(13)5-9(7)11(15)14-6-10(18-2)12(16)17/h3-5,10H,6H2,1-2H3,(H,14,15)(H,16,17). The van der Waals surface area contributed by atoms with Crippen molar-refractivity contribution in [3.63, 3.8) is 0 Å². The molecule has 0 aliphatic carbocycles. The van der Waals surface area contributed by atoms with Crippen molar-refractivity contribution < 1.29 is 19.4 Å². The van der Waals surface area contributed by atoms with Crippen LogP contribution in [-0.2, 0) is 9.53 Å². The van der Waals surface area contributed by atoms with Crippen molar-refractivity contribution in [1.82, 2.24) is 5.32 Å². The molecule has 1 unspecified atom stereocenters. The third-order valence-electron chi connectivity index (χ3n) is 2.45. The van der Waals surface area contributed by atoms with E-state index in [1.807, 2.05) is 19.1 Å². The van der Waals surface area contributed by atoms with Gasteiger partial charge in [-0.2, -0.15) is 0 Å². The number of amides is 1. The van der Waals surface area contributed by atoms with Crippen LogP contribution in [0.4, 0.5) is 0 Å². The Morgan fingerprint density at radius 1 is 1.50 bits per heavy atom. The number of nitrogens with one attached hydrogen (secondary N) is 1. The number of carbonyl (C=O) groups excluding carboxylic acids is 1. The summed E-state index contributed by atoms with van der Waals surface area (Å²) in [5, 5.41) is 11.3. The van der Waals surface area contributed by atoms with Gasteiger partial charge in [0.15, 0.2) is 6.10 Å². The predicted molar refractivity (Wildman–Crippen MR) is 69.6 cm³/mol. The molecule has 1 rings (SSSR count). The van der Waals surface area contributed by atoms with Crippen molar-refractivity contribution in [1.29, 1.82) is 0 Å². The van der Waals surface area contributed by atoms with Crippen LogP contribution < -0.4 is 5.32 Å². The number of rotatable bonds is 5. The van der Waals surface area contributed by atoms with Crippen LogP contribution in [0, 0.1) is 6.92 Å². The second-order valence-electron chi connectivity index (χ2n) is 3.73. The van der Waals surface area contributed by atoms with E-state index in [9.17, 15) is 9.59 Å². The lowest BCUT2D eigenvalue weighted by atomic mass is 10.1. The zero-order valence-electron chi connectivity index (χ0n) is 10.1. The highest BCUT2D eigenvalue weighted by molar-refractivity contribution is 9.10. The largest absolute Gasteiger partial charge is 0.479 e. The van der Waals surface area contributed by atoms with Crippen LogP contribution in [0.5, 0.6) is 0 Å². The molecule has 1 aromatic carbocycles. The number of carboxylic acids is 1. The molecule has 0 aliphatic heterocycles. The Morgan fingerprint density at radius 2 is 2.17 bits per heavy atom. The summed E-state index contributed by atoms with van der Waals surface area (Å²) in [6, 6.07) is 5.33. The van der Waals surface area contributed by atoms with Crippen LogP contribution in [0.15, 0.2) is 22.7 Å². The normalized spacial score (nSPS) is 11.9.